The number of nitrogens with one attached hydrogen (secondary N) is 1. The summed E-state index contributed by atoms with van der Waals surface area (Å²) in [6.45, 7) is 1.56. The molecule has 0 atom stereocenters. The molecule has 0 aliphatic carbocycles. The molecular weight excluding hydrogens is 202 g/mol. The van der Waals surface area contributed by atoms with Gasteiger partial charge >= 0.3 is 0 Å². The van der Waals surface area contributed by atoms with E-state index in [1.165, 1.54) is 0 Å². The van der Waals surface area contributed by atoms with Crippen molar-refractivity contribution in [2.75, 3.05) is 0 Å². The molecule has 2 rings (SSSR count). The molecular formula is C10H8F2N2O. The van der Waals surface area contributed by atoms with Gasteiger partial charge in [0.1, 0.15) is 17.3 Å². The Balaban J connectivity index is 2.88. The fourth-order valence-electron chi connectivity index (χ4n) is 1.65. The molecule has 5 heteroatoms. The molecule has 15 heavy (non-hydrogen) atoms. The summed E-state index contributed by atoms with van der Waals surface area (Å²) in [6, 6.07) is 1.89. The number of hydrogen-bond donors (Lipinski definition) is 2. The molecule has 2 aromatic rings. The average Bonchev–Trinajstić information content (AvgIpc) is 2.42. The Bertz CT molecular complexity index is 560. The highest BCUT2D eigenvalue weighted by Crippen LogP contribution is 2.25. The largest absolute Gasteiger partial charge is 0.364 e. The molecule has 0 unspecified atom stereocenters. The zero-order valence-corrected chi connectivity index (χ0v) is 7.90. The Hall–Kier alpha value is -1.91. The number of hydrogen-bond acceptors (Lipinski definition) is 1. The summed E-state index contributed by atoms with van der Waals surface area (Å²) < 4.78 is 26.2. The number of carbonyl (C=O) groups is 1. The lowest BCUT2D eigenvalue weighted by molar-refractivity contribution is 0.0996. The lowest BCUT2D eigenvalue weighted by Crippen LogP contribution is -2.12. The highest BCUT2D eigenvalue weighted by Gasteiger charge is 2.15. The van der Waals surface area contributed by atoms with Crippen molar-refractivity contribution in [1.29, 1.82) is 0 Å². The molecule has 0 spiro atoms. The summed E-state index contributed by atoms with van der Waals surface area (Å²) >= 11 is 0. The quantitative estimate of drug-likeness (QED) is 0.741. The van der Waals surface area contributed by atoms with Crippen molar-refractivity contribution in [1.82, 2.24) is 4.98 Å². The van der Waals surface area contributed by atoms with Gasteiger partial charge in [-0.05, 0) is 18.6 Å². The summed E-state index contributed by atoms with van der Waals surface area (Å²) in [6.07, 6.45) is 0. The standard InChI is InChI=1S/C10H8F2N2O/c1-4-8-6(12)2-5(11)3-7(8)14-9(4)10(13)15/h2-3,14H,1H3,(H2,13,15). The minimum Gasteiger partial charge on any atom is -0.364 e. The van der Waals surface area contributed by atoms with Crippen molar-refractivity contribution in [3.05, 3.63) is 35.0 Å². The van der Waals surface area contributed by atoms with Crippen molar-refractivity contribution < 1.29 is 13.6 Å². The number of halogens is 2. The van der Waals surface area contributed by atoms with E-state index >= 15 is 0 Å². The SMILES string of the molecule is Cc1c(C(N)=O)[nH]c2cc(F)cc(F)c12. The van der Waals surface area contributed by atoms with Crippen LogP contribution in [0.5, 0.6) is 0 Å². The van der Waals surface area contributed by atoms with Gasteiger partial charge in [0.05, 0.1) is 5.52 Å². The number of benzene rings is 1. The first-order chi connectivity index (χ1) is 7.00. The lowest BCUT2D eigenvalue weighted by Gasteiger charge is -1.94. The van der Waals surface area contributed by atoms with Crippen LogP contribution >= 0.6 is 0 Å². The van der Waals surface area contributed by atoms with Crippen molar-refractivity contribution in [2.45, 2.75) is 6.92 Å². The molecule has 1 heterocycles. The number of nitrogens with two attached hydrogens (primary N) is 1. The highest BCUT2D eigenvalue weighted by atomic mass is 19.1. The summed E-state index contributed by atoms with van der Waals surface area (Å²) in [5.74, 6) is -2.09. The topological polar surface area (TPSA) is 58.9 Å². The number of primary amides is 1. The van der Waals surface area contributed by atoms with E-state index in [-0.39, 0.29) is 16.6 Å². The monoisotopic (exact) mass is 210 g/mol. The minimum atomic E-state index is -0.703. The van der Waals surface area contributed by atoms with Crippen LogP contribution in [0.1, 0.15) is 16.1 Å². The first-order valence-corrected chi connectivity index (χ1v) is 4.28. The number of fused-ring (bicyclic) bond motifs is 1. The molecule has 0 aliphatic heterocycles. The molecule has 0 aliphatic rings. The number of amides is 1. The van der Waals surface area contributed by atoms with Gasteiger partial charge < -0.3 is 10.7 Å². The molecule has 0 saturated carbocycles. The number of aryl methyl sites for hydroxylation is 1. The van der Waals surface area contributed by atoms with Crippen LogP contribution < -0.4 is 5.73 Å². The van der Waals surface area contributed by atoms with Gasteiger partial charge in [-0.15, -0.1) is 0 Å². The second kappa shape index (κ2) is 3.05. The normalized spacial score (nSPS) is 10.9. The minimum absolute atomic E-state index is 0.106. The van der Waals surface area contributed by atoms with Crippen molar-refractivity contribution in [2.24, 2.45) is 5.73 Å². The van der Waals surface area contributed by atoms with Crippen molar-refractivity contribution >= 4 is 16.8 Å². The maximum atomic E-state index is 13.4. The molecule has 3 nitrogen and oxygen atoms in total. The number of aromatic nitrogens is 1. The fourth-order valence-corrected chi connectivity index (χ4v) is 1.65. The molecule has 0 radical (unpaired) electrons. The Kier molecular flexibility index (Phi) is 1.96. The third-order valence-electron chi connectivity index (χ3n) is 2.31. The van der Waals surface area contributed by atoms with Crippen LogP contribution in [0.4, 0.5) is 8.78 Å². The van der Waals surface area contributed by atoms with Gasteiger partial charge in [-0.2, -0.15) is 0 Å². The third kappa shape index (κ3) is 1.36. The van der Waals surface area contributed by atoms with Crippen LogP contribution in [0.3, 0.4) is 0 Å². The predicted octanol–water partition coefficient (Wildman–Crippen LogP) is 1.85. The van der Waals surface area contributed by atoms with E-state index < -0.39 is 17.5 Å². The zero-order chi connectivity index (χ0) is 11.2. The molecule has 1 aromatic heterocycles. The third-order valence-corrected chi connectivity index (χ3v) is 2.31. The molecule has 3 N–H and O–H groups in total. The molecule has 0 saturated heterocycles. The van der Waals surface area contributed by atoms with Crippen LogP contribution in [-0.4, -0.2) is 10.9 Å². The van der Waals surface area contributed by atoms with Gasteiger partial charge in [0, 0.05) is 11.5 Å². The van der Waals surface area contributed by atoms with Gasteiger partial charge in [0.15, 0.2) is 0 Å². The maximum absolute atomic E-state index is 13.4. The summed E-state index contributed by atoms with van der Waals surface area (Å²) in [4.78, 5) is 13.6. The zero-order valence-electron chi connectivity index (χ0n) is 7.90. The van der Waals surface area contributed by atoms with Gasteiger partial charge in [0.25, 0.3) is 5.91 Å². The van der Waals surface area contributed by atoms with Crippen molar-refractivity contribution in [3.63, 3.8) is 0 Å². The van der Waals surface area contributed by atoms with E-state index in [1.807, 2.05) is 0 Å². The summed E-state index contributed by atoms with van der Waals surface area (Å²) in [7, 11) is 0. The first kappa shape index (κ1) is 9.64. The van der Waals surface area contributed by atoms with Gasteiger partial charge in [0.2, 0.25) is 0 Å². The van der Waals surface area contributed by atoms with Crippen LogP contribution in [0.2, 0.25) is 0 Å². The van der Waals surface area contributed by atoms with E-state index in [0.29, 0.717) is 5.56 Å². The van der Waals surface area contributed by atoms with E-state index in [2.05, 4.69) is 4.98 Å². The van der Waals surface area contributed by atoms with Gasteiger partial charge in [-0.25, -0.2) is 8.78 Å². The smallest absolute Gasteiger partial charge is 0.265 e. The van der Waals surface area contributed by atoms with E-state index in [0.717, 1.165) is 12.1 Å². The highest BCUT2D eigenvalue weighted by molar-refractivity contribution is 6.00. The molecule has 0 bridgehead atoms. The van der Waals surface area contributed by atoms with Crippen LogP contribution in [0.15, 0.2) is 12.1 Å². The number of aromatic amines is 1. The lowest BCUT2D eigenvalue weighted by atomic mass is 10.1. The average molecular weight is 210 g/mol. The van der Waals surface area contributed by atoms with Crippen LogP contribution in [0, 0.1) is 18.6 Å². The second-order valence-corrected chi connectivity index (χ2v) is 3.30. The van der Waals surface area contributed by atoms with Crippen LogP contribution in [0.25, 0.3) is 10.9 Å². The van der Waals surface area contributed by atoms with Crippen molar-refractivity contribution in [3.8, 4) is 0 Å². The van der Waals surface area contributed by atoms with E-state index in [1.54, 1.807) is 6.92 Å². The number of rotatable bonds is 1. The molecule has 0 fully saturated rings. The molecule has 78 valence electrons. The fraction of sp³-hybridized carbons (Fsp3) is 0.100. The van der Waals surface area contributed by atoms with Gasteiger partial charge in [-0.1, -0.05) is 0 Å². The first-order valence-electron chi connectivity index (χ1n) is 4.28. The maximum Gasteiger partial charge on any atom is 0.265 e. The Morgan fingerprint density at radius 2 is 2.07 bits per heavy atom. The molecule has 1 aromatic carbocycles. The number of carbonyl (C=O) groups excluding carboxylic acids is 1. The predicted molar refractivity (Wildman–Crippen MR) is 51.5 cm³/mol. The number of H-pyrrole nitrogens is 1. The van der Waals surface area contributed by atoms with Gasteiger partial charge in [-0.3, -0.25) is 4.79 Å². The summed E-state index contributed by atoms with van der Waals surface area (Å²) in [5, 5.41) is 0.199. The van der Waals surface area contributed by atoms with Crippen LogP contribution in [-0.2, 0) is 0 Å². The second-order valence-electron chi connectivity index (χ2n) is 3.30. The van der Waals surface area contributed by atoms with E-state index in [9.17, 15) is 13.6 Å². The van der Waals surface area contributed by atoms with E-state index in [4.69, 9.17) is 5.73 Å². The Morgan fingerprint density at radius 1 is 1.40 bits per heavy atom. The Labute approximate surface area is 83.9 Å². The Morgan fingerprint density at radius 3 is 2.67 bits per heavy atom. The molecule has 1 amide bonds. The summed E-state index contributed by atoms with van der Waals surface area (Å²) in [5.41, 5.74) is 5.82.